The maximum Gasteiger partial charge on any atom is 0.0563 e. The number of nitrogens with zero attached hydrogens (tertiary/aromatic N) is 1. The molecule has 0 spiro atoms. The van der Waals surface area contributed by atoms with Crippen molar-refractivity contribution < 1.29 is 10.3 Å². The van der Waals surface area contributed by atoms with Gasteiger partial charge < -0.3 is 5.11 Å². The van der Waals surface area contributed by atoms with E-state index in [0.717, 1.165) is 11.5 Å². The van der Waals surface area contributed by atoms with E-state index in [1.54, 1.807) is 26.8 Å². The number of aliphatic hydroxyl groups is 1. The van der Waals surface area contributed by atoms with Crippen molar-refractivity contribution in [3.63, 3.8) is 0 Å². The minimum atomic E-state index is -0.500. The van der Waals surface area contributed by atoms with E-state index >= 15 is 0 Å². The first-order chi connectivity index (χ1) is 8.07. The van der Waals surface area contributed by atoms with Crippen molar-refractivity contribution in [3.05, 3.63) is 48.7 Å². The van der Waals surface area contributed by atoms with Crippen LogP contribution in [0.5, 0.6) is 0 Å². The molecule has 0 saturated carbocycles. The van der Waals surface area contributed by atoms with Crippen LogP contribution in [0.4, 0.5) is 0 Å². The summed E-state index contributed by atoms with van der Waals surface area (Å²) in [6.07, 6.45) is 8.30. The summed E-state index contributed by atoms with van der Waals surface area (Å²) in [5.74, 6) is 0. The van der Waals surface area contributed by atoms with Gasteiger partial charge in [0.1, 0.15) is 0 Å². The van der Waals surface area contributed by atoms with Gasteiger partial charge in [0.25, 0.3) is 0 Å². The van der Waals surface area contributed by atoms with Crippen LogP contribution in [0.15, 0.2) is 48.7 Å². The molecule has 0 bridgehead atoms. The summed E-state index contributed by atoms with van der Waals surface area (Å²) >= 11 is 0. The van der Waals surface area contributed by atoms with Crippen molar-refractivity contribution in [3.8, 4) is 0 Å². The van der Waals surface area contributed by atoms with Crippen LogP contribution in [-0.4, -0.2) is 28.0 Å². The molecule has 0 atom stereocenters. The number of rotatable bonds is 5. The molecule has 0 heterocycles. The van der Waals surface area contributed by atoms with Gasteiger partial charge in [-0.05, 0) is 40.2 Å². The monoisotopic (exact) mass is 253 g/mol. The minimum absolute atomic E-state index is 0.500. The van der Waals surface area contributed by atoms with E-state index < -0.39 is 5.60 Å². The largest absolute Gasteiger partial charge is 0.391 e. The summed E-state index contributed by atoms with van der Waals surface area (Å²) in [6.45, 7) is 14.5. The highest BCUT2D eigenvalue weighted by Gasteiger charge is 1.97. The predicted molar refractivity (Wildman–Crippen MR) is 78.4 cm³/mol. The first-order valence-corrected chi connectivity index (χ1v) is 5.86. The summed E-state index contributed by atoms with van der Waals surface area (Å²) in [5.41, 5.74) is 1.28. The molecule has 0 unspecified atom stereocenters. The quantitative estimate of drug-likeness (QED) is 0.446. The highest BCUT2D eigenvalue weighted by molar-refractivity contribution is 5.20. The van der Waals surface area contributed by atoms with Gasteiger partial charge in [-0.1, -0.05) is 30.4 Å². The highest BCUT2D eigenvalue weighted by Crippen LogP contribution is 2.02. The van der Waals surface area contributed by atoms with Gasteiger partial charge in [0.15, 0.2) is 0 Å². The number of hydrogen-bond donors (Lipinski definition) is 2. The Kier molecular flexibility index (Phi) is 10.2. The van der Waals surface area contributed by atoms with Crippen LogP contribution in [0.25, 0.3) is 0 Å². The van der Waals surface area contributed by atoms with Crippen molar-refractivity contribution >= 4 is 0 Å². The van der Waals surface area contributed by atoms with E-state index in [0.29, 0.717) is 5.70 Å². The van der Waals surface area contributed by atoms with Crippen LogP contribution in [0.3, 0.4) is 0 Å². The first-order valence-electron chi connectivity index (χ1n) is 5.86. The van der Waals surface area contributed by atoms with Crippen LogP contribution >= 0.6 is 0 Å². The second-order valence-electron chi connectivity index (χ2n) is 5.05. The standard InChI is InChI=1S/C11H17NO.C4H10O/c1-5-7-10(2)8-6-9-11(3)12(4)13;1-4(2,3)5/h5-6,8-9,13H,1,3,7H2,2,4H3;5H,1-3H3/b9-6-,10-8+;. The van der Waals surface area contributed by atoms with Gasteiger partial charge in [-0.2, -0.15) is 0 Å². The average Bonchev–Trinajstić information content (AvgIpc) is 2.15. The van der Waals surface area contributed by atoms with Gasteiger partial charge in [-0.25, -0.2) is 0 Å². The predicted octanol–water partition coefficient (Wildman–Crippen LogP) is 3.68. The van der Waals surface area contributed by atoms with Crippen LogP contribution in [0.2, 0.25) is 0 Å². The Bertz CT molecular complexity index is 301. The third-order valence-electron chi connectivity index (χ3n) is 1.55. The van der Waals surface area contributed by atoms with Crippen LogP contribution in [0.1, 0.15) is 34.1 Å². The Morgan fingerprint density at radius 3 is 2.11 bits per heavy atom. The van der Waals surface area contributed by atoms with Gasteiger partial charge in [-0.3, -0.25) is 10.3 Å². The summed E-state index contributed by atoms with van der Waals surface area (Å²) in [4.78, 5) is 0. The summed E-state index contributed by atoms with van der Waals surface area (Å²) in [7, 11) is 1.53. The summed E-state index contributed by atoms with van der Waals surface area (Å²) in [6, 6.07) is 0. The van der Waals surface area contributed by atoms with Crippen molar-refractivity contribution in [2.24, 2.45) is 0 Å². The molecular weight excluding hydrogens is 226 g/mol. The van der Waals surface area contributed by atoms with Gasteiger partial charge in [0.05, 0.1) is 11.3 Å². The summed E-state index contributed by atoms with van der Waals surface area (Å²) in [5, 5.41) is 18.4. The number of hydrogen-bond acceptors (Lipinski definition) is 3. The molecule has 3 heteroatoms. The zero-order valence-electron chi connectivity index (χ0n) is 12.3. The number of allylic oxidation sites excluding steroid dienone is 5. The molecule has 2 N–H and O–H groups in total. The topological polar surface area (TPSA) is 43.7 Å². The molecule has 0 aromatic heterocycles. The third-order valence-corrected chi connectivity index (χ3v) is 1.55. The van der Waals surface area contributed by atoms with Gasteiger partial charge in [0, 0.05) is 7.05 Å². The summed E-state index contributed by atoms with van der Waals surface area (Å²) < 4.78 is 0. The molecule has 0 rings (SSSR count). The Balaban J connectivity index is 0. The fourth-order valence-electron chi connectivity index (χ4n) is 0.727. The lowest BCUT2D eigenvalue weighted by Gasteiger charge is -2.07. The molecule has 0 radical (unpaired) electrons. The molecule has 104 valence electrons. The average molecular weight is 253 g/mol. The lowest BCUT2D eigenvalue weighted by Crippen LogP contribution is -2.10. The normalized spacial score (nSPS) is 11.8. The van der Waals surface area contributed by atoms with E-state index in [9.17, 15) is 0 Å². The zero-order chi connectivity index (χ0) is 14.8. The Morgan fingerprint density at radius 2 is 1.78 bits per heavy atom. The van der Waals surface area contributed by atoms with Gasteiger partial charge in [0.2, 0.25) is 0 Å². The van der Waals surface area contributed by atoms with Gasteiger partial charge in [-0.15, -0.1) is 6.58 Å². The van der Waals surface area contributed by atoms with Crippen LogP contribution in [0, 0.1) is 0 Å². The van der Waals surface area contributed by atoms with Crippen molar-refractivity contribution in [1.82, 2.24) is 5.06 Å². The first kappa shape index (κ1) is 19.0. The van der Waals surface area contributed by atoms with E-state index in [1.165, 1.54) is 12.6 Å². The molecule has 3 nitrogen and oxygen atoms in total. The van der Waals surface area contributed by atoms with Crippen LogP contribution < -0.4 is 0 Å². The molecule has 0 saturated heterocycles. The Labute approximate surface area is 111 Å². The fraction of sp³-hybridized carbons (Fsp3) is 0.467. The third kappa shape index (κ3) is 20.1. The van der Waals surface area contributed by atoms with Crippen molar-refractivity contribution in [2.45, 2.75) is 39.7 Å². The molecule has 0 aliphatic carbocycles. The Morgan fingerprint density at radius 1 is 1.33 bits per heavy atom. The molecule has 0 amide bonds. The smallest absolute Gasteiger partial charge is 0.0563 e. The van der Waals surface area contributed by atoms with Crippen molar-refractivity contribution in [2.75, 3.05) is 7.05 Å². The molecule has 0 aliphatic heterocycles. The minimum Gasteiger partial charge on any atom is -0.391 e. The molecule has 0 aromatic rings. The van der Waals surface area contributed by atoms with Gasteiger partial charge >= 0.3 is 0 Å². The van der Waals surface area contributed by atoms with Crippen molar-refractivity contribution in [1.29, 1.82) is 0 Å². The SMILES string of the molecule is C=CC/C(C)=C/C=C\C(=C)N(C)O.CC(C)(C)O. The Hall–Kier alpha value is -1.32. The van der Waals surface area contributed by atoms with E-state index in [1.807, 2.05) is 25.2 Å². The maximum atomic E-state index is 8.94. The maximum absolute atomic E-state index is 8.94. The second kappa shape index (κ2) is 9.68. The molecule has 0 aliphatic rings. The number of likely N-dealkylation sites (N-methyl/N-ethyl adjacent to an activating group) is 1. The molecule has 0 aromatic carbocycles. The van der Waals surface area contributed by atoms with E-state index in [-0.39, 0.29) is 0 Å². The zero-order valence-corrected chi connectivity index (χ0v) is 12.3. The number of hydroxylamine groups is 2. The lowest BCUT2D eigenvalue weighted by atomic mass is 10.2. The van der Waals surface area contributed by atoms with E-state index in [2.05, 4.69) is 13.2 Å². The van der Waals surface area contributed by atoms with E-state index in [4.69, 9.17) is 10.3 Å². The highest BCUT2D eigenvalue weighted by atomic mass is 16.5. The molecule has 0 fully saturated rings. The lowest BCUT2D eigenvalue weighted by molar-refractivity contribution is -0.0231. The molecular formula is C15H27NO2. The van der Waals surface area contributed by atoms with Crippen LogP contribution in [-0.2, 0) is 0 Å². The second-order valence-corrected chi connectivity index (χ2v) is 5.05. The fourth-order valence-corrected chi connectivity index (χ4v) is 0.727. The molecule has 18 heavy (non-hydrogen) atoms.